The SMILES string of the molecule is O=C(COc1ccc(N2C[C@@H](C(=O)NCc3cccs3)CC2=O)cc1)NCc1ccccc1. The van der Waals surface area contributed by atoms with Crippen molar-refractivity contribution in [2.24, 2.45) is 5.92 Å². The highest BCUT2D eigenvalue weighted by atomic mass is 32.1. The molecule has 2 aromatic carbocycles. The fraction of sp³-hybridized carbons (Fsp3) is 0.240. The average molecular weight is 464 g/mol. The van der Waals surface area contributed by atoms with E-state index in [1.165, 1.54) is 0 Å². The van der Waals surface area contributed by atoms with Gasteiger partial charge in [-0.3, -0.25) is 14.4 Å². The highest BCUT2D eigenvalue weighted by Crippen LogP contribution is 2.27. The Kier molecular flexibility index (Phi) is 7.36. The maximum Gasteiger partial charge on any atom is 0.258 e. The summed E-state index contributed by atoms with van der Waals surface area (Å²) in [5.74, 6) is -0.248. The lowest BCUT2D eigenvalue weighted by molar-refractivity contribution is -0.126. The van der Waals surface area contributed by atoms with E-state index in [1.54, 1.807) is 40.5 Å². The van der Waals surface area contributed by atoms with Crippen molar-refractivity contribution in [2.75, 3.05) is 18.1 Å². The van der Waals surface area contributed by atoms with Gasteiger partial charge in [-0.05, 0) is 41.3 Å². The molecule has 1 aliphatic rings. The van der Waals surface area contributed by atoms with Crippen molar-refractivity contribution >= 4 is 34.7 Å². The highest BCUT2D eigenvalue weighted by Gasteiger charge is 2.35. The molecule has 0 radical (unpaired) electrons. The summed E-state index contributed by atoms with van der Waals surface area (Å²) in [6.07, 6.45) is 0.191. The van der Waals surface area contributed by atoms with Gasteiger partial charge in [0.1, 0.15) is 5.75 Å². The molecule has 0 aliphatic carbocycles. The van der Waals surface area contributed by atoms with Crippen molar-refractivity contribution in [1.29, 1.82) is 0 Å². The number of hydrogen-bond donors (Lipinski definition) is 2. The van der Waals surface area contributed by atoms with Crippen LogP contribution in [0.5, 0.6) is 5.75 Å². The first-order valence-corrected chi connectivity index (χ1v) is 11.6. The number of carbonyl (C=O) groups excluding carboxylic acids is 3. The number of carbonyl (C=O) groups is 3. The summed E-state index contributed by atoms with van der Waals surface area (Å²) in [5.41, 5.74) is 1.72. The first kappa shape index (κ1) is 22.5. The molecule has 2 heterocycles. The molecule has 1 aliphatic heterocycles. The maximum absolute atomic E-state index is 12.5. The second-order valence-corrected chi connectivity index (χ2v) is 8.78. The van der Waals surface area contributed by atoms with Crippen molar-refractivity contribution in [3.63, 3.8) is 0 Å². The number of ether oxygens (including phenoxy) is 1. The van der Waals surface area contributed by atoms with Gasteiger partial charge < -0.3 is 20.3 Å². The van der Waals surface area contributed by atoms with Gasteiger partial charge in [0.2, 0.25) is 11.8 Å². The third-order valence-electron chi connectivity index (χ3n) is 5.36. The summed E-state index contributed by atoms with van der Waals surface area (Å²) in [7, 11) is 0. The van der Waals surface area contributed by atoms with Crippen LogP contribution in [-0.4, -0.2) is 30.9 Å². The normalized spacial score (nSPS) is 15.3. The van der Waals surface area contributed by atoms with E-state index in [4.69, 9.17) is 4.74 Å². The lowest BCUT2D eigenvalue weighted by Crippen LogP contribution is -2.32. The van der Waals surface area contributed by atoms with Gasteiger partial charge in [-0.2, -0.15) is 0 Å². The molecular weight excluding hydrogens is 438 g/mol. The Morgan fingerprint density at radius 1 is 0.970 bits per heavy atom. The highest BCUT2D eigenvalue weighted by molar-refractivity contribution is 7.09. The minimum atomic E-state index is -0.373. The summed E-state index contributed by atoms with van der Waals surface area (Å²) in [5, 5.41) is 7.69. The van der Waals surface area contributed by atoms with Crippen LogP contribution >= 0.6 is 11.3 Å². The zero-order valence-electron chi connectivity index (χ0n) is 18.0. The molecule has 4 rings (SSSR count). The molecule has 3 amide bonds. The minimum absolute atomic E-state index is 0.0831. The third-order valence-corrected chi connectivity index (χ3v) is 6.24. The van der Waals surface area contributed by atoms with Crippen LogP contribution in [-0.2, 0) is 27.5 Å². The van der Waals surface area contributed by atoms with E-state index >= 15 is 0 Å². The van der Waals surface area contributed by atoms with Crippen molar-refractivity contribution in [3.8, 4) is 5.75 Å². The Balaban J connectivity index is 1.24. The Morgan fingerprint density at radius 3 is 2.48 bits per heavy atom. The summed E-state index contributed by atoms with van der Waals surface area (Å²) in [6, 6.07) is 20.5. The second kappa shape index (κ2) is 10.8. The van der Waals surface area contributed by atoms with E-state index < -0.39 is 0 Å². The first-order valence-electron chi connectivity index (χ1n) is 10.7. The fourth-order valence-electron chi connectivity index (χ4n) is 3.58. The van der Waals surface area contributed by atoms with Crippen molar-refractivity contribution in [2.45, 2.75) is 19.5 Å². The zero-order valence-corrected chi connectivity index (χ0v) is 18.8. The number of nitrogens with zero attached hydrogens (tertiary/aromatic N) is 1. The molecule has 3 aromatic rings. The second-order valence-electron chi connectivity index (χ2n) is 7.75. The topological polar surface area (TPSA) is 87.7 Å². The van der Waals surface area contributed by atoms with Crippen LogP contribution in [0.2, 0.25) is 0 Å². The lowest BCUT2D eigenvalue weighted by Gasteiger charge is -2.17. The van der Waals surface area contributed by atoms with Gasteiger partial charge in [0.15, 0.2) is 6.61 Å². The molecular formula is C25H25N3O4S. The van der Waals surface area contributed by atoms with Crippen molar-refractivity contribution in [3.05, 3.63) is 82.6 Å². The quantitative estimate of drug-likeness (QED) is 0.511. The number of anilines is 1. The predicted octanol–water partition coefficient (Wildman–Crippen LogP) is 3.11. The van der Waals surface area contributed by atoms with Crippen LogP contribution in [0.15, 0.2) is 72.1 Å². The van der Waals surface area contributed by atoms with Gasteiger partial charge >= 0.3 is 0 Å². The largest absolute Gasteiger partial charge is 0.484 e. The molecule has 1 aromatic heterocycles. The van der Waals surface area contributed by atoms with Crippen LogP contribution in [0.25, 0.3) is 0 Å². The Bertz CT molecular complexity index is 1080. The molecule has 1 saturated heterocycles. The van der Waals surface area contributed by atoms with E-state index in [0.29, 0.717) is 31.1 Å². The van der Waals surface area contributed by atoms with Gasteiger partial charge in [-0.25, -0.2) is 0 Å². The van der Waals surface area contributed by atoms with E-state index in [9.17, 15) is 14.4 Å². The molecule has 0 bridgehead atoms. The van der Waals surface area contributed by atoms with Gasteiger partial charge in [0, 0.05) is 30.1 Å². The average Bonchev–Trinajstić information content (AvgIpc) is 3.51. The summed E-state index contributed by atoms with van der Waals surface area (Å²) in [6.45, 7) is 1.17. The lowest BCUT2D eigenvalue weighted by atomic mass is 10.1. The molecule has 2 N–H and O–H groups in total. The van der Waals surface area contributed by atoms with Crippen LogP contribution in [0.4, 0.5) is 5.69 Å². The van der Waals surface area contributed by atoms with Gasteiger partial charge in [0.05, 0.1) is 12.5 Å². The van der Waals surface area contributed by atoms with Crippen molar-refractivity contribution < 1.29 is 19.1 Å². The number of benzene rings is 2. The van der Waals surface area contributed by atoms with Gasteiger partial charge in [-0.1, -0.05) is 36.4 Å². The smallest absolute Gasteiger partial charge is 0.258 e. The Morgan fingerprint density at radius 2 is 1.76 bits per heavy atom. The van der Waals surface area contributed by atoms with Gasteiger partial charge in [-0.15, -0.1) is 11.3 Å². The van der Waals surface area contributed by atoms with E-state index in [1.807, 2.05) is 47.8 Å². The minimum Gasteiger partial charge on any atom is -0.484 e. The standard InChI is InChI=1S/C25H25N3O4S/c29-23(26-14-18-5-2-1-3-6-18)17-32-21-10-8-20(9-11-21)28-16-19(13-24(28)30)25(31)27-15-22-7-4-12-33-22/h1-12,19H,13-17H2,(H,26,29)(H,27,31)/t19-/m0/s1. The maximum atomic E-state index is 12.5. The number of rotatable bonds is 9. The van der Waals surface area contributed by atoms with E-state index in [-0.39, 0.29) is 36.7 Å². The number of thiophene rings is 1. The first-order chi connectivity index (χ1) is 16.1. The van der Waals surface area contributed by atoms with E-state index in [0.717, 1.165) is 10.4 Å². The molecule has 33 heavy (non-hydrogen) atoms. The Hall–Kier alpha value is -3.65. The monoisotopic (exact) mass is 463 g/mol. The summed E-state index contributed by atoms with van der Waals surface area (Å²) in [4.78, 5) is 39.6. The molecule has 0 saturated carbocycles. The number of hydrogen-bond acceptors (Lipinski definition) is 5. The summed E-state index contributed by atoms with van der Waals surface area (Å²) >= 11 is 1.58. The fourth-order valence-corrected chi connectivity index (χ4v) is 4.23. The zero-order chi connectivity index (χ0) is 23.0. The molecule has 8 heteroatoms. The predicted molar refractivity (Wildman–Crippen MR) is 127 cm³/mol. The van der Waals surface area contributed by atoms with E-state index in [2.05, 4.69) is 10.6 Å². The third kappa shape index (κ3) is 6.20. The molecule has 1 fully saturated rings. The molecule has 7 nitrogen and oxygen atoms in total. The molecule has 0 spiro atoms. The van der Waals surface area contributed by atoms with Gasteiger partial charge in [0.25, 0.3) is 5.91 Å². The summed E-state index contributed by atoms with van der Waals surface area (Å²) < 4.78 is 5.55. The Labute approximate surface area is 196 Å². The molecule has 170 valence electrons. The number of amides is 3. The van der Waals surface area contributed by atoms with Crippen LogP contribution in [0.3, 0.4) is 0 Å². The number of nitrogens with one attached hydrogen (secondary N) is 2. The van der Waals surface area contributed by atoms with Crippen LogP contribution in [0, 0.1) is 5.92 Å². The van der Waals surface area contributed by atoms with Crippen LogP contribution < -0.4 is 20.3 Å². The van der Waals surface area contributed by atoms with Crippen LogP contribution in [0.1, 0.15) is 16.9 Å². The molecule has 0 unspecified atom stereocenters. The molecule has 1 atom stereocenters. The van der Waals surface area contributed by atoms with Crippen molar-refractivity contribution in [1.82, 2.24) is 10.6 Å².